The van der Waals surface area contributed by atoms with Crippen LogP contribution in [-0.2, 0) is 10.0 Å². The molecule has 0 amide bonds. The first-order valence-corrected chi connectivity index (χ1v) is 7.57. The Hall–Kier alpha value is -1.38. The lowest BCUT2D eigenvalue weighted by atomic mass is 10.3. The van der Waals surface area contributed by atoms with Gasteiger partial charge in [0, 0.05) is 9.75 Å². The lowest BCUT2D eigenvalue weighted by Gasteiger charge is -2.11. The molecule has 0 fully saturated rings. The highest BCUT2D eigenvalue weighted by Gasteiger charge is 2.22. The number of H-pyrrole nitrogens is 1. The number of aromatic amines is 1. The number of aromatic nitrogens is 2. The number of sulfonamides is 1. The molecule has 6 nitrogen and oxygen atoms in total. The van der Waals surface area contributed by atoms with Crippen molar-refractivity contribution in [1.29, 1.82) is 0 Å². The van der Waals surface area contributed by atoms with E-state index in [0.717, 1.165) is 9.75 Å². The maximum Gasteiger partial charge on any atom is 0.246 e. The molecule has 0 radical (unpaired) electrons. The summed E-state index contributed by atoms with van der Waals surface area (Å²) in [5.41, 5.74) is 5.51. The molecule has 0 aliphatic rings. The number of nitrogens with zero attached hydrogens (tertiary/aromatic N) is 1. The number of nitrogen functional groups attached to an aromatic ring is 1. The number of thiophene rings is 1. The molecule has 0 aliphatic carbocycles. The van der Waals surface area contributed by atoms with Crippen molar-refractivity contribution in [3.05, 3.63) is 28.1 Å². The zero-order chi connectivity index (χ0) is 13.3. The predicted octanol–water partition coefficient (Wildman–Crippen LogP) is 1.40. The number of nitrogens with one attached hydrogen (secondary N) is 2. The second-order valence-corrected chi connectivity index (χ2v) is 6.94. The monoisotopic (exact) mass is 286 g/mol. The van der Waals surface area contributed by atoms with Crippen LogP contribution in [0.15, 0.2) is 23.2 Å². The quantitative estimate of drug-likeness (QED) is 0.790. The molecule has 2 rings (SSSR count). The maximum atomic E-state index is 12.1. The van der Waals surface area contributed by atoms with Gasteiger partial charge in [-0.2, -0.15) is 5.10 Å². The van der Waals surface area contributed by atoms with Gasteiger partial charge in [-0.1, -0.05) is 0 Å². The largest absolute Gasteiger partial charge is 0.383 e. The zero-order valence-electron chi connectivity index (χ0n) is 9.97. The Morgan fingerprint density at radius 1 is 1.50 bits per heavy atom. The van der Waals surface area contributed by atoms with E-state index < -0.39 is 10.0 Å². The summed E-state index contributed by atoms with van der Waals surface area (Å²) in [6, 6.07) is 3.56. The van der Waals surface area contributed by atoms with Crippen molar-refractivity contribution in [3.63, 3.8) is 0 Å². The van der Waals surface area contributed by atoms with Gasteiger partial charge in [0.2, 0.25) is 10.0 Å². The summed E-state index contributed by atoms with van der Waals surface area (Å²) in [7, 11) is -3.65. The van der Waals surface area contributed by atoms with E-state index in [-0.39, 0.29) is 16.8 Å². The Bertz CT molecular complexity index is 644. The van der Waals surface area contributed by atoms with Crippen molar-refractivity contribution in [2.45, 2.75) is 24.8 Å². The van der Waals surface area contributed by atoms with Crippen LogP contribution in [0.1, 0.15) is 22.7 Å². The Kier molecular flexibility index (Phi) is 3.42. The van der Waals surface area contributed by atoms with E-state index in [1.165, 1.54) is 6.20 Å². The van der Waals surface area contributed by atoms with Gasteiger partial charge in [-0.15, -0.1) is 11.3 Å². The Balaban J connectivity index is 2.21. The van der Waals surface area contributed by atoms with Gasteiger partial charge >= 0.3 is 0 Å². The van der Waals surface area contributed by atoms with Gasteiger partial charge in [-0.3, -0.25) is 5.10 Å². The van der Waals surface area contributed by atoms with Crippen molar-refractivity contribution in [3.8, 4) is 0 Å². The summed E-state index contributed by atoms with van der Waals surface area (Å²) in [5, 5.41) is 6.01. The molecule has 2 aromatic heterocycles. The van der Waals surface area contributed by atoms with Gasteiger partial charge in [-0.05, 0) is 26.0 Å². The van der Waals surface area contributed by atoms with Crippen molar-refractivity contribution in [1.82, 2.24) is 14.9 Å². The number of rotatable bonds is 4. The molecule has 1 atom stereocenters. The van der Waals surface area contributed by atoms with Gasteiger partial charge < -0.3 is 5.73 Å². The highest BCUT2D eigenvalue weighted by atomic mass is 32.2. The van der Waals surface area contributed by atoms with Crippen LogP contribution in [0.25, 0.3) is 0 Å². The molecule has 0 aliphatic heterocycles. The lowest BCUT2D eigenvalue weighted by Crippen LogP contribution is -2.26. The number of anilines is 1. The van der Waals surface area contributed by atoms with E-state index in [2.05, 4.69) is 14.9 Å². The fourth-order valence-electron chi connectivity index (χ4n) is 1.54. The summed E-state index contributed by atoms with van der Waals surface area (Å²) in [4.78, 5) is 2.07. The third-order valence-corrected chi connectivity index (χ3v) is 5.19. The smallest absolute Gasteiger partial charge is 0.246 e. The highest BCUT2D eigenvalue weighted by molar-refractivity contribution is 7.89. The Morgan fingerprint density at radius 2 is 2.22 bits per heavy atom. The molecular formula is C10H14N4O2S2. The molecule has 0 saturated heterocycles. The van der Waals surface area contributed by atoms with Crippen LogP contribution >= 0.6 is 11.3 Å². The first-order chi connectivity index (χ1) is 8.40. The van der Waals surface area contributed by atoms with Crippen molar-refractivity contribution in [2.75, 3.05) is 5.73 Å². The molecule has 1 unspecified atom stereocenters. The average Bonchev–Trinajstić information content (AvgIpc) is 2.86. The van der Waals surface area contributed by atoms with E-state index in [0.29, 0.717) is 0 Å². The minimum Gasteiger partial charge on any atom is -0.383 e. The SMILES string of the molecule is Cc1ccc(C(C)NS(=O)(=O)c2cn[nH]c2N)s1. The van der Waals surface area contributed by atoms with Crippen LogP contribution in [0.2, 0.25) is 0 Å². The molecule has 2 aromatic rings. The van der Waals surface area contributed by atoms with E-state index in [4.69, 9.17) is 5.73 Å². The number of nitrogens with two attached hydrogens (primary N) is 1. The Labute approximate surface area is 109 Å². The van der Waals surface area contributed by atoms with Crippen molar-refractivity contribution < 1.29 is 8.42 Å². The summed E-state index contributed by atoms with van der Waals surface area (Å²) < 4.78 is 26.7. The second kappa shape index (κ2) is 4.71. The standard InChI is InChI=1S/C10H14N4O2S2/c1-6-3-4-8(17-6)7(2)14-18(15,16)9-5-12-13-10(9)11/h3-5,7,14H,1-2H3,(H3,11,12,13). The second-order valence-electron chi connectivity index (χ2n) is 3.94. The molecule has 98 valence electrons. The van der Waals surface area contributed by atoms with Crippen LogP contribution in [0.5, 0.6) is 0 Å². The highest BCUT2D eigenvalue weighted by Crippen LogP contribution is 2.24. The number of aryl methyl sites for hydroxylation is 1. The summed E-state index contributed by atoms with van der Waals surface area (Å²) >= 11 is 1.56. The first kappa shape index (κ1) is 13.1. The molecular weight excluding hydrogens is 272 g/mol. The fraction of sp³-hybridized carbons (Fsp3) is 0.300. The topological polar surface area (TPSA) is 101 Å². The van der Waals surface area contributed by atoms with Gasteiger partial charge in [0.1, 0.15) is 10.7 Å². The summed E-state index contributed by atoms with van der Waals surface area (Å²) in [6.07, 6.45) is 1.20. The average molecular weight is 286 g/mol. The molecule has 2 heterocycles. The maximum absolute atomic E-state index is 12.1. The molecule has 8 heteroatoms. The summed E-state index contributed by atoms with van der Waals surface area (Å²) in [6.45, 7) is 3.77. The van der Waals surface area contributed by atoms with E-state index in [9.17, 15) is 8.42 Å². The minimum absolute atomic E-state index is 0.0253. The number of hydrogen-bond acceptors (Lipinski definition) is 5. The first-order valence-electron chi connectivity index (χ1n) is 5.27. The number of hydrogen-bond donors (Lipinski definition) is 3. The zero-order valence-corrected chi connectivity index (χ0v) is 11.6. The van der Waals surface area contributed by atoms with Gasteiger partial charge in [0.15, 0.2) is 0 Å². The molecule has 0 saturated carbocycles. The van der Waals surface area contributed by atoms with Crippen LogP contribution in [-0.4, -0.2) is 18.6 Å². The normalized spacial score (nSPS) is 13.7. The van der Waals surface area contributed by atoms with E-state index in [1.807, 2.05) is 19.1 Å². The molecule has 0 bridgehead atoms. The van der Waals surface area contributed by atoms with Crippen molar-refractivity contribution >= 4 is 27.2 Å². The van der Waals surface area contributed by atoms with Crippen LogP contribution in [0.4, 0.5) is 5.82 Å². The lowest BCUT2D eigenvalue weighted by molar-refractivity contribution is 0.569. The van der Waals surface area contributed by atoms with Crippen LogP contribution in [0, 0.1) is 6.92 Å². The van der Waals surface area contributed by atoms with E-state index >= 15 is 0 Å². The van der Waals surface area contributed by atoms with E-state index in [1.54, 1.807) is 18.3 Å². The van der Waals surface area contributed by atoms with Gasteiger partial charge in [-0.25, -0.2) is 13.1 Å². The molecule has 0 spiro atoms. The van der Waals surface area contributed by atoms with Crippen LogP contribution in [0.3, 0.4) is 0 Å². The van der Waals surface area contributed by atoms with Gasteiger partial charge in [0.05, 0.1) is 12.2 Å². The van der Waals surface area contributed by atoms with Gasteiger partial charge in [0.25, 0.3) is 0 Å². The van der Waals surface area contributed by atoms with Crippen molar-refractivity contribution in [2.24, 2.45) is 0 Å². The fourth-order valence-corrected chi connectivity index (χ4v) is 3.74. The molecule has 4 N–H and O–H groups in total. The Morgan fingerprint density at radius 3 is 2.72 bits per heavy atom. The molecule has 0 aromatic carbocycles. The molecule has 18 heavy (non-hydrogen) atoms. The predicted molar refractivity (Wildman–Crippen MR) is 70.8 cm³/mol. The third kappa shape index (κ3) is 2.55. The summed E-state index contributed by atoms with van der Waals surface area (Å²) in [5.74, 6) is 0.0389. The van der Waals surface area contributed by atoms with Crippen LogP contribution < -0.4 is 10.5 Å². The minimum atomic E-state index is -3.65. The third-order valence-electron chi connectivity index (χ3n) is 2.44.